The molecule has 2 rings (SSSR count). The molecule has 10 heteroatoms. The molecular formula is C11H7BrF6N2S. The quantitative estimate of drug-likeness (QED) is 0.657. The molecule has 1 aromatic carbocycles. The van der Waals surface area contributed by atoms with Crippen molar-refractivity contribution in [2.75, 3.05) is 6.26 Å². The minimum absolute atomic E-state index is 0.127. The fraction of sp³-hybridized carbons (Fsp3) is 0.364. The number of nitrogens with zero attached hydrogens (tertiary/aromatic N) is 2. The van der Waals surface area contributed by atoms with Gasteiger partial charge in [-0.3, -0.25) is 0 Å². The Labute approximate surface area is 127 Å². The highest BCUT2D eigenvalue weighted by atomic mass is 79.9. The summed E-state index contributed by atoms with van der Waals surface area (Å²) in [5.41, 5.74) is -1.39. The molecule has 2 aromatic rings. The van der Waals surface area contributed by atoms with Crippen LogP contribution in [-0.2, 0) is 18.2 Å². The van der Waals surface area contributed by atoms with Crippen molar-refractivity contribution in [3.63, 3.8) is 0 Å². The van der Waals surface area contributed by atoms with Gasteiger partial charge in [0.1, 0.15) is 5.52 Å². The Hall–Kier alpha value is -0.900. The Morgan fingerprint density at radius 3 is 2.24 bits per heavy atom. The molecule has 21 heavy (non-hydrogen) atoms. The maximum Gasteiger partial charge on any atom is 0.449 e. The summed E-state index contributed by atoms with van der Waals surface area (Å²) in [7, 11) is 0. The molecule has 0 spiro atoms. The number of alkyl halides is 6. The number of thioether (sulfide) groups is 1. The van der Waals surface area contributed by atoms with E-state index >= 15 is 0 Å². The predicted molar refractivity (Wildman–Crippen MR) is 71.0 cm³/mol. The average Bonchev–Trinajstić information content (AvgIpc) is 2.68. The molecule has 1 aromatic heterocycles. The van der Waals surface area contributed by atoms with Crippen LogP contribution in [0.15, 0.2) is 16.6 Å². The van der Waals surface area contributed by atoms with Crippen LogP contribution in [0, 0.1) is 0 Å². The summed E-state index contributed by atoms with van der Waals surface area (Å²) in [6.07, 6.45) is -7.84. The number of rotatable bonds is 2. The zero-order valence-electron chi connectivity index (χ0n) is 10.3. The first-order chi connectivity index (χ1) is 9.55. The third-order valence-electron chi connectivity index (χ3n) is 2.65. The van der Waals surface area contributed by atoms with Crippen LogP contribution in [0.25, 0.3) is 11.0 Å². The summed E-state index contributed by atoms with van der Waals surface area (Å²) in [4.78, 5) is 3.44. The second kappa shape index (κ2) is 5.38. The molecule has 0 saturated carbocycles. The Kier molecular flexibility index (Phi) is 4.22. The van der Waals surface area contributed by atoms with E-state index in [0.717, 1.165) is 22.4 Å². The van der Waals surface area contributed by atoms with Gasteiger partial charge in [0.2, 0.25) is 5.82 Å². The van der Waals surface area contributed by atoms with Gasteiger partial charge in [-0.25, -0.2) is 4.98 Å². The van der Waals surface area contributed by atoms with Crippen LogP contribution < -0.4 is 0 Å². The summed E-state index contributed by atoms with van der Waals surface area (Å²) in [6, 6.07) is 1.40. The van der Waals surface area contributed by atoms with Gasteiger partial charge in [0, 0.05) is 4.47 Å². The van der Waals surface area contributed by atoms with Crippen molar-refractivity contribution in [1.82, 2.24) is 9.55 Å². The van der Waals surface area contributed by atoms with Crippen molar-refractivity contribution >= 4 is 38.7 Å². The average molecular weight is 393 g/mol. The zero-order chi connectivity index (χ0) is 16.0. The van der Waals surface area contributed by atoms with Crippen LogP contribution in [-0.4, -0.2) is 15.8 Å². The van der Waals surface area contributed by atoms with Gasteiger partial charge in [0.15, 0.2) is 0 Å². The van der Waals surface area contributed by atoms with Crippen molar-refractivity contribution in [3.05, 3.63) is 28.0 Å². The first-order valence-corrected chi connectivity index (χ1v) is 7.57. The number of imidazole rings is 1. The second-order valence-electron chi connectivity index (χ2n) is 4.10. The van der Waals surface area contributed by atoms with Crippen molar-refractivity contribution in [3.8, 4) is 0 Å². The van der Waals surface area contributed by atoms with Crippen LogP contribution in [0.4, 0.5) is 26.3 Å². The number of halogens is 7. The number of hydrogen-bond donors (Lipinski definition) is 0. The first kappa shape index (κ1) is 16.5. The predicted octanol–water partition coefficient (Wildman–Crippen LogP) is 5.16. The van der Waals surface area contributed by atoms with Crippen molar-refractivity contribution in [2.45, 2.75) is 18.2 Å². The number of benzene rings is 1. The van der Waals surface area contributed by atoms with E-state index in [-0.39, 0.29) is 21.4 Å². The molecule has 0 atom stereocenters. The summed E-state index contributed by atoms with van der Waals surface area (Å²) in [6.45, 7) is 0. The number of fused-ring (bicyclic) bond motifs is 1. The van der Waals surface area contributed by atoms with E-state index in [1.807, 2.05) is 0 Å². The molecule has 0 saturated heterocycles. The Morgan fingerprint density at radius 2 is 1.76 bits per heavy atom. The van der Waals surface area contributed by atoms with E-state index in [4.69, 9.17) is 0 Å². The molecule has 0 radical (unpaired) electrons. The lowest BCUT2D eigenvalue weighted by Crippen LogP contribution is -2.14. The molecule has 0 aliphatic heterocycles. The van der Waals surface area contributed by atoms with Crippen molar-refractivity contribution < 1.29 is 26.3 Å². The van der Waals surface area contributed by atoms with Gasteiger partial charge < -0.3 is 4.57 Å². The molecule has 1 heterocycles. The zero-order valence-corrected chi connectivity index (χ0v) is 12.7. The molecule has 2 nitrogen and oxygen atoms in total. The fourth-order valence-electron chi connectivity index (χ4n) is 1.82. The summed E-state index contributed by atoms with van der Waals surface area (Å²) in [5.74, 6) is -1.37. The summed E-state index contributed by atoms with van der Waals surface area (Å²) < 4.78 is 77.8. The monoisotopic (exact) mass is 392 g/mol. The van der Waals surface area contributed by atoms with Gasteiger partial charge >= 0.3 is 12.4 Å². The summed E-state index contributed by atoms with van der Waals surface area (Å²) >= 11 is 3.91. The van der Waals surface area contributed by atoms with E-state index in [1.54, 1.807) is 6.26 Å². The van der Waals surface area contributed by atoms with Gasteiger partial charge in [-0.1, -0.05) is 0 Å². The van der Waals surface area contributed by atoms with Gasteiger partial charge in [0.25, 0.3) is 0 Å². The molecule has 116 valence electrons. The second-order valence-corrected chi connectivity index (χ2v) is 5.79. The largest absolute Gasteiger partial charge is 0.449 e. The minimum Gasteiger partial charge on any atom is -0.310 e. The van der Waals surface area contributed by atoms with E-state index in [0.29, 0.717) is 6.07 Å². The van der Waals surface area contributed by atoms with Crippen LogP contribution in [0.5, 0.6) is 0 Å². The van der Waals surface area contributed by atoms with Crippen molar-refractivity contribution in [2.24, 2.45) is 0 Å². The molecule has 0 fully saturated rings. The Morgan fingerprint density at radius 1 is 1.14 bits per heavy atom. The van der Waals surface area contributed by atoms with Crippen LogP contribution in [0.1, 0.15) is 11.4 Å². The lowest BCUT2D eigenvalue weighted by Gasteiger charge is -2.11. The maximum absolute atomic E-state index is 12.9. The van der Waals surface area contributed by atoms with E-state index in [2.05, 4.69) is 20.9 Å². The summed E-state index contributed by atoms with van der Waals surface area (Å²) in [5, 5.41) is 0. The van der Waals surface area contributed by atoms with E-state index in [9.17, 15) is 26.3 Å². The molecular weight excluding hydrogens is 386 g/mol. The molecule has 0 N–H and O–H groups in total. The molecule has 0 aliphatic rings. The van der Waals surface area contributed by atoms with Crippen LogP contribution in [0.3, 0.4) is 0 Å². The fourth-order valence-corrected chi connectivity index (χ4v) is 2.88. The molecule has 0 unspecified atom stereocenters. The highest BCUT2D eigenvalue weighted by molar-refractivity contribution is 9.10. The van der Waals surface area contributed by atoms with Gasteiger partial charge in [-0.05, 0) is 34.3 Å². The van der Waals surface area contributed by atoms with E-state index in [1.165, 1.54) is 0 Å². The topological polar surface area (TPSA) is 17.8 Å². The van der Waals surface area contributed by atoms with Gasteiger partial charge in [0.05, 0.1) is 17.0 Å². The minimum atomic E-state index is -4.74. The molecule has 0 amide bonds. The maximum atomic E-state index is 12.9. The van der Waals surface area contributed by atoms with Crippen LogP contribution >= 0.6 is 27.7 Å². The lowest BCUT2D eigenvalue weighted by atomic mass is 10.2. The van der Waals surface area contributed by atoms with Crippen molar-refractivity contribution in [1.29, 1.82) is 0 Å². The van der Waals surface area contributed by atoms with Gasteiger partial charge in [-0.15, -0.1) is 11.8 Å². The van der Waals surface area contributed by atoms with Gasteiger partial charge in [-0.2, -0.15) is 26.3 Å². The smallest absolute Gasteiger partial charge is 0.310 e. The van der Waals surface area contributed by atoms with E-state index < -0.39 is 23.7 Å². The van der Waals surface area contributed by atoms with Crippen LogP contribution in [0.2, 0.25) is 0 Å². The highest BCUT2D eigenvalue weighted by Crippen LogP contribution is 2.38. The third-order valence-corrected chi connectivity index (χ3v) is 3.77. The Balaban J connectivity index is 2.81. The first-order valence-electron chi connectivity index (χ1n) is 5.39. The number of hydrogen-bond acceptors (Lipinski definition) is 2. The molecule has 0 bridgehead atoms. The normalized spacial score (nSPS) is 13.1. The standard InChI is InChI=1S/C11H7BrF6N2S/c1-21-4-20-7-3-5(10(13,14)15)2-6(12)8(7)19-9(20)11(16,17)18/h2-3H,4H2,1H3. The third kappa shape index (κ3) is 3.15. The lowest BCUT2D eigenvalue weighted by molar-refractivity contribution is -0.146. The highest BCUT2D eigenvalue weighted by Gasteiger charge is 2.39. The molecule has 0 aliphatic carbocycles. The number of aromatic nitrogens is 2. The SMILES string of the molecule is CSCn1c(C(F)(F)F)nc2c(Br)cc(C(F)(F)F)cc21. The Bertz CT molecular complexity index is 676.